The van der Waals surface area contributed by atoms with Crippen molar-refractivity contribution in [2.75, 3.05) is 13.2 Å². The maximum absolute atomic E-state index is 10.6. The highest BCUT2D eigenvalue weighted by molar-refractivity contribution is 4.99. The van der Waals surface area contributed by atoms with E-state index < -0.39 is 0 Å². The van der Waals surface area contributed by atoms with Crippen molar-refractivity contribution in [3.63, 3.8) is 0 Å². The molecule has 4 nitrogen and oxygen atoms in total. The van der Waals surface area contributed by atoms with Crippen LogP contribution in [0, 0.1) is 22.2 Å². The summed E-state index contributed by atoms with van der Waals surface area (Å²) in [5, 5.41) is 3.20. The highest BCUT2D eigenvalue weighted by Crippen LogP contribution is 2.53. The molecule has 1 saturated heterocycles. The number of rotatable bonds is 1. The lowest BCUT2D eigenvalue weighted by molar-refractivity contribution is -0.297. The van der Waals surface area contributed by atoms with Crippen LogP contribution in [0.15, 0.2) is 5.18 Å². The average molecular weight is 239 g/mol. The van der Waals surface area contributed by atoms with Crippen molar-refractivity contribution in [3.05, 3.63) is 4.91 Å². The van der Waals surface area contributed by atoms with E-state index in [1.165, 1.54) is 0 Å². The van der Waals surface area contributed by atoms with Gasteiger partial charge in [0.25, 0.3) is 0 Å². The molecule has 1 spiro atoms. The summed E-state index contributed by atoms with van der Waals surface area (Å²) in [4.78, 5) is 10.6. The van der Waals surface area contributed by atoms with Crippen LogP contribution in [-0.2, 0) is 9.47 Å². The summed E-state index contributed by atoms with van der Waals surface area (Å²) >= 11 is 0. The zero-order chi connectivity index (χ0) is 12.1. The Balaban J connectivity index is 1.64. The molecule has 3 rings (SSSR count). The summed E-state index contributed by atoms with van der Waals surface area (Å²) < 4.78 is 12.0. The fraction of sp³-hybridized carbons (Fsp3) is 1.00. The quantitative estimate of drug-likeness (QED) is 0.661. The van der Waals surface area contributed by atoms with Crippen LogP contribution in [0.25, 0.3) is 0 Å². The summed E-state index contributed by atoms with van der Waals surface area (Å²) in [7, 11) is 0. The number of fused-ring (bicyclic) bond motifs is 1. The largest absolute Gasteiger partial charge is 0.349 e. The van der Waals surface area contributed by atoms with Gasteiger partial charge in [0.15, 0.2) is 5.79 Å². The van der Waals surface area contributed by atoms with Crippen molar-refractivity contribution < 1.29 is 9.47 Å². The van der Waals surface area contributed by atoms with Crippen molar-refractivity contribution in [1.29, 1.82) is 0 Å². The standard InChI is InChI=1S/C13H21NO3/c1-12(2)7-16-13(17-8-12)5-9-3-11(14-15)4-10(9)6-13/h9-11H,3-8H2,1-2H3. The number of nitroso groups, excluding NO2 is 1. The molecular weight excluding hydrogens is 218 g/mol. The van der Waals surface area contributed by atoms with Crippen LogP contribution in [0.3, 0.4) is 0 Å². The molecule has 17 heavy (non-hydrogen) atoms. The summed E-state index contributed by atoms with van der Waals surface area (Å²) in [5.41, 5.74) is 0.135. The van der Waals surface area contributed by atoms with Gasteiger partial charge in [-0.2, -0.15) is 4.91 Å². The number of hydrogen-bond acceptors (Lipinski definition) is 4. The molecule has 2 unspecified atom stereocenters. The van der Waals surface area contributed by atoms with Gasteiger partial charge in [0.1, 0.15) is 0 Å². The van der Waals surface area contributed by atoms with E-state index in [1.807, 2.05) is 0 Å². The van der Waals surface area contributed by atoms with E-state index in [1.54, 1.807) is 0 Å². The molecule has 4 heteroatoms. The number of ether oxygens (including phenoxy) is 2. The fourth-order valence-electron chi connectivity index (χ4n) is 3.62. The van der Waals surface area contributed by atoms with E-state index >= 15 is 0 Å². The predicted molar refractivity (Wildman–Crippen MR) is 63.4 cm³/mol. The number of hydrogen-bond donors (Lipinski definition) is 0. The Morgan fingerprint density at radius 3 is 2.06 bits per heavy atom. The topological polar surface area (TPSA) is 47.9 Å². The Hall–Kier alpha value is -0.480. The van der Waals surface area contributed by atoms with Gasteiger partial charge in [0.05, 0.1) is 19.3 Å². The van der Waals surface area contributed by atoms with Gasteiger partial charge in [0.2, 0.25) is 0 Å². The molecule has 0 radical (unpaired) electrons. The second-order valence-corrected chi connectivity index (χ2v) is 6.81. The van der Waals surface area contributed by atoms with E-state index in [0.717, 1.165) is 38.9 Å². The molecule has 3 aliphatic rings. The zero-order valence-electron chi connectivity index (χ0n) is 10.6. The molecule has 1 heterocycles. The molecule has 0 N–H and O–H groups in total. The van der Waals surface area contributed by atoms with Crippen LogP contribution in [0.5, 0.6) is 0 Å². The van der Waals surface area contributed by atoms with Crippen molar-refractivity contribution in [3.8, 4) is 0 Å². The van der Waals surface area contributed by atoms with Gasteiger partial charge in [-0.15, -0.1) is 0 Å². The highest BCUT2D eigenvalue weighted by atomic mass is 16.7. The van der Waals surface area contributed by atoms with Gasteiger partial charge < -0.3 is 9.47 Å². The second kappa shape index (κ2) is 3.75. The molecule has 96 valence electrons. The minimum Gasteiger partial charge on any atom is -0.349 e. The van der Waals surface area contributed by atoms with Gasteiger partial charge in [0, 0.05) is 18.3 Å². The lowest BCUT2D eigenvalue weighted by atomic mass is 9.94. The van der Waals surface area contributed by atoms with Crippen molar-refractivity contribution in [1.82, 2.24) is 0 Å². The Morgan fingerprint density at radius 1 is 1.06 bits per heavy atom. The molecule has 2 saturated carbocycles. The summed E-state index contributed by atoms with van der Waals surface area (Å²) in [6.45, 7) is 5.90. The third kappa shape index (κ3) is 2.02. The molecule has 0 amide bonds. The predicted octanol–water partition coefficient (Wildman–Crippen LogP) is 2.71. The van der Waals surface area contributed by atoms with Gasteiger partial charge in [-0.25, -0.2) is 0 Å². The van der Waals surface area contributed by atoms with Crippen molar-refractivity contribution in [2.24, 2.45) is 22.4 Å². The minimum atomic E-state index is -0.335. The van der Waals surface area contributed by atoms with Crippen LogP contribution in [-0.4, -0.2) is 25.0 Å². The zero-order valence-corrected chi connectivity index (χ0v) is 10.6. The molecule has 0 aromatic carbocycles. The van der Waals surface area contributed by atoms with Gasteiger partial charge >= 0.3 is 0 Å². The maximum atomic E-state index is 10.6. The van der Waals surface area contributed by atoms with Crippen LogP contribution >= 0.6 is 0 Å². The second-order valence-electron chi connectivity index (χ2n) is 6.81. The molecule has 3 fully saturated rings. The average Bonchev–Trinajstić information content (AvgIpc) is 2.78. The van der Waals surface area contributed by atoms with Crippen molar-refractivity contribution in [2.45, 2.75) is 51.4 Å². The molecule has 0 bridgehead atoms. The number of nitrogens with zero attached hydrogens (tertiary/aromatic N) is 1. The maximum Gasteiger partial charge on any atom is 0.168 e. The van der Waals surface area contributed by atoms with Gasteiger partial charge in [-0.05, 0) is 24.7 Å². The summed E-state index contributed by atoms with van der Waals surface area (Å²) in [5.74, 6) is 0.830. The van der Waals surface area contributed by atoms with Crippen LogP contribution in [0.4, 0.5) is 0 Å². The van der Waals surface area contributed by atoms with E-state index in [4.69, 9.17) is 9.47 Å². The fourth-order valence-corrected chi connectivity index (χ4v) is 3.62. The third-order valence-electron chi connectivity index (χ3n) is 4.56. The third-order valence-corrected chi connectivity index (χ3v) is 4.56. The molecule has 2 atom stereocenters. The molecule has 1 aliphatic heterocycles. The van der Waals surface area contributed by atoms with Crippen LogP contribution < -0.4 is 0 Å². The summed E-state index contributed by atoms with van der Waals surface area (Å²) in [6, 6.07) is 0.0439. The SMILES string of the molecule is CC1(C)COC2(CC3CC(N=O)CC3C2)OC1. The Morgan fingerprint density at radius 2 is 1.59 bits per heavy atom. The Bertz CT molecular complexity index is 303. The van der Waals surface area contributed by atoms with Gasteiger partial charge in [-0.1, -0.05) is 19.0 Å². The lowest BCUT2D eigenvalue weighted by Gasteiger charge is -2.42. The van der Waals surface area contributed by atoms with Crippen molar-refractivity contribution >= 4 is 0 Å². The normalized spacial score (nSPS) is 42.6. The Kier molecular flexibility index (Phi) is 2.56. The first kappa shape index (κ1) is 11.6. The van der Waals surface area contributed by atoms with E-state index in [0.29, 0.717) is 11.8 Å². The van der Waals surface area contributed by atoms with E-state index in [2.05, 4.69) is 19.0 Å². The van der Waals surface area contributed by atoms with E-state index in [9.17, 15) is 4.91 Å². The highest BCUT2D eigenvalue weighted by Gasteiger charge is 2.53. The first-order chi connectivity index (χ1) is 8.02. The molecular formula is C13H21NO3. The van der Waals surface area contributed by atoms with Crippen LogP contribution in [0.2, 0.25) is 0 Å². The monoisotopic (exact) mass is 239 g/mol. The first-order valence-corrected chi connectivity index (χ1v) is 6.62. The molecule has 2 aliphatic carbocycles. The molecule has 0 aromatic rings. The van der Waals surface area contributed by atoms with E-state index in [-0.39, 0.29) is 17.2 Å². The first-order valence-electron chi connectivity index (χ1n) is 6.62. The lowest BCUT2D eigenvalue weighted by Crippen LogP contribution is -2.46. The minimum absolute atomic E-state index is 0.0439. The Labute approximate surface area is 102 Å². The molecule has 0 aromatic heterocycles. The van der Waals surface area contributed by atoms with Gasteiger partial charge in [-0.3, -0.25) is 0 Å². The summed E-state index contributed by atoms with van der Waals surface area (Å²) in [6.07, 6.45) is 3.79. The smallest absolute Gasteiger partial charge is 0.168 e. The van der Waals surface area contributed by atoms with Crippen LogP contribution in [0.1, 0.15) is 39.5 Å².